The minimum Gasteiger partial charge on any atom is -0.381 e. The van der Waals surface area contributed by atoms with Crippen LogP contribution >= 0.6 is 0 Å². The maximum absolute atomic E-state index is 8.59. The molecule has 1 rings (SSSR count). The van der Waals surface area contributed by atoms with Gasteiger partial charge in [-0.3, -0.25) is 5.32 Å². The minimum absolute atomic E-state index is 0.0239. The minimum atomic E-state index is 0.0239. The lowest BCUT2D eigenvalue weighted by molar-refractivity contribution is 0.245. The van der Waals surface area contributed by atoms with E-state index in [9.17, 15) is 0 Å². The van der Waals surface area contributed by atoms with Crippen molar-refractivity contribution in [1.29, 1.82) is 0 Å². The van der Waals surface area contributed by atoms with E-state index in [1.165, 1.54) is 5.56 Å². The molecule has 1 atom stereocenters. The Morgan fingerprint density at radius 2 is 1.53 bits per heavy atom. The van der Waals surface area contributed by atoms with Crippen molar-refractivity contribution in [3.05, 3.63) is 35.9 Å². The molecular formula is C13H25NO. The molecule has 0 aliphatic carbocycles. The lowest BCUT2D eigenvalue weighted by atomic mass is 10.1. The second kappa shape index (κ2) is 13.1. The summed E-state index contributed by atoms with van der Waals surface area (Å²) in [5.41, 5.74) is 1.20. The van der Waals surface area contributed by atoms with Crippen molar-refractivity contribution in [3.8, 4) is 0 Å². The van der Waals surface area contributed by atoms with Crippen LogP contribution in [-0.4, -0.2) is 11.8 Å². The number of aliphatic hydroxyl groups excluding tert-OH is 1. The summed E-state index contributed by atoms with van der Waals surface area (Å²) in [7, 11) is 0. The second-order valence-corrected chi connectivity index (χ2v) is 2.49. The Hall–Kier alpha value is -0.860. The first-order valence-electron chi connectivity index (χ1n) is 5.74. The molecule has 0 amide bonds. The highest BCUT2D eigenvalue weighted by atomic mass is 16.3. The van der Waals surface area contributed by atoms with E-state index in [2.05, 4.69) is 5.32 Å². The molecule has 0 radical (unpaired) electrons. The fourth-order valence-electron chi connectivity index (χ4n) is 0.996. The van der Waals surface area contributed by atoms with Gasteiger partial charge in [-0.1, -0.05) is 58.0 Å². The Morgan fingerprint density at radius 3 is 1.93 bits per heavy atom. The van der Waals surface area contributed by atoms with Crippen molar-refractivity contribution < 1.29 is 5.11 Å². The van der Waals surface area contributed by atoms with Gasteiger partial charge in [-0.2, -0.15) is 0 Å². The number of rotatable bonds is 3. The van der Waals surface area contributed by atoms with Gasteiger partial charge in [0.2, 0.25) is 0 Å². The Labute approximate surface area is 94.3 Å². The van der Waals surface area contributed by atoms with Gasteiger partial charge < -0.3 is 5.11 Å². The predicted molar refractivity (Wildman–Crippen MR) is 67.8 cm³/mol. The summed E-state index contributed by atoms with van der Waals surface area (Å²) >= 11 is 0. The zero-order chi connectivity index (χ0) is 12.1. The van der Waals surface area contributed by atoms with E-state index in [-0.39, 0.29) is 12.8 Å². The first kappa shape index (κ1) is 16.6. The van der Waals surface area contributed by atoms with Crippen molar-refractivity contribution in [2.75, 3.05) is 6.73 Å². The number of hydrogen-bond donors (Lipinski definition) is 2. The summed E-state index contributed by atoms with van der Waals surface area (Å²) in [4.78, 5) is 0. The summed E-state index contributed by atoms with van der Waals surface area (Å²) in [6, 6.07) is 10.3. The van der Waals surface area contributed by atoms with Gasteiger partial charge in [0, 0.05) is 6.04 Å². The average molecular weight is 211 g/mol. The van der Waals surface area contributed by atoms with Crippen LogP contribution in [0, 0.1) is 0 Å². The smallest absolute Gasteiger partial charge is 0.0936 e. The topological polar surface area (TPSA) is 32.3 Å². The van der Waals surface area contributed by atoms with Gasteiger partial charge in [0.1, 0.15) is 0 Å². The van der Waals surface area contributed by atoms with Crippen LogP contribution < -0.4 is 5.32 Å². The molecule has 0 heterocycles. The monoisotopic (exact) mass is 211 g/mol. The molecule has 1 aromatic rings. The number of benzene rings is 1. The van der Waals surface area contributed by atoms with Crippen molar-refractivity contribution in [2.24, 2.45) is 0 Å². The Morgan fingerprint density at radius 1 is 1.07 bits per heavy atom. The number of nitrogens with one attached hydrogen (secondary N) is 1. The van der Waals surface area contributed by atoms with Gasteiger partial charge >= 0.3 is 0 Å². The zero-order valence-corrected chi connectivity index (χ0v) is 10.6. The molecule has 0 saturated carbocycles. The van der Waals surface area contributed by atoms with E-state index in [1.54, 1.807) is 0 Å². The molecule has 88 valence electrons. The summed E-state index contributed by atoms with van der Waals surface area (Å²) < 4.78 is 0. The molecule has 0 aromatic heterocycles. The summed E-state index contributed by atoms with van der Waals surface area (Å²) in [6.07, 6.45) is 0. The largest absolute Gasteiger partial charge is 0.381 e. The highest BCUT2D eigenvalue weighted by molar-refractivity contribution is 5.17. The van der Waals surface area contributed by atoms with Gasteiger partial charge in [-0.25, -0.2) is 0 Å². The fourth-order valence-corrected chi connectivity index (χ4v) is 0.996. The van der Waals surface area contributed by atoms with E-state index in [4.69, 9.17) is 5.11 Å². The Bertz CT molecular complexity index is 199. The van der Waals surface area contributed by atoms with Gasteiger partial charge in [0.15, 0.2) is 0 Å². The van der Waals surface area contributed by atoms with Crippen LogP contribution in [0.15, 0.2) is 30.3 Å². The van der Waals surface area contributed by atoms with Gasteiger partial charge in [0.25, 0.3) is 0 Å². The van der Waals surface area contributed by atoms with Crippen LogP contribution in [0.1, 0.15) is 46.2 Å². The molecule has 15 heavy (non-hydrogen) atoms. The van der Waals surface area contributed by atoms with E-state index < -0.39 is 0 Å². The third-order valence-electron chi connectivity index (χ3n) is 1.70. The van der Waals surface area contributed by atoms with Gasteiger partial charge in [-0.05, 0) is 12.5 Å². The standard InChI is InChI=1S/C9H13NO.2C2H6/c1-8(10-7-11)9-5-3-2-4-6-9;2*1-2/h2-6,8,10-11H,7H2,1H3;2*1-2H3/t8-;;/m0../s1. The molecule has 0 fully saturated rings. The molecule has 0 saturated heterocycles. The van der Waals surface area contributed by atoms with Crippen molar-refractivity contribution >= 4 is 0 Å². The van der Waals surface area contributed by atoms with Crippen LogP contribution in [0.2, 0.25) is 0 Å². The van der Waals surface area contributed by atoms with Crippen molar-refractivity contribution in [3.63, 3.8) is 0 Å². The van der Waals surface area contributed by atoms with Crippen LogP contribution in [-0.2, 0) is 0 Å². The molecule has 2 heteroatoms. The van der Waals surface area contributed by atoms with Crippen molar-refractivity contribution in [1.82, 2.24) is 5.32 Å². The van der Waals surface area contributed by atoms with Gasteiger partial charge in [0.05, 0.1) is 6.73 Å². The molecule has 0 unspecified atom stereocenters. The van der Waals surface area contributed by atoms with Crippen LogP contribution in [0.3, 0.4) is 0 Å². The maximum Gasteiger partial charge on any atom is 0.0936 e. The maximum atomic E-state index is 8.59. The predicted octanol–water partition coefficient (Wildman–Crippen LogP) is 3.34. The third-order valence-corrected chi connectivity index (χ3v) is 1.70. The molecule has 0 spiro atoms. The highest BCUT2D eigenvalue weighted by Gasteiger charge is 2.00. The zero-order valence-electron chi connectivity index (χ0n) is 10.6. The van der Waals surface area contributed by atoms with E-state index in [1.807, 2.05) is 65.0 Å². The van der Waals surface area contributed by atoms with Crippen LogP contribution in [0.5, 0.6) is 0 Å². The average Bonchev–Trinajstić information content (AvgIpc) is 2.36. The lowest BCUT2D eigenvalue weighted by Gasteiger charge is -2.10. The van der Waals surface area contributed by atoms with E-state index >= 15 is 0 Å². The first-order chi connectivity index (χ1) is 7.34. The molecule has 0 bridgehead atoms. The number of hydrogen-bond acceptors (Lipinski definition) is 2. The SMILES string of the molecule is CC.CC.C[C@H](NCO)c1ccccc1. The van der Waals surface area contributed by atoms with Crippen LogP contribution in [0.25, 0.3) is 0 Å². The number of aliphatic hydroxyl groups is 1. The van der Waals surface area contributed by atoms with Gasteiger partial charge in [-0.15, -0.1) is 0 Å². The normalized spacial score (nSPS) is 10.3. The quantitative estimate of drug-likeness (QED) is 0.752. The Kier molecular flexibility index (Phi) is 14.5. The van der Waals surface area contributed by atoms with Crippen molar-refractivity contribution in [2.45, 2.75) is 40.7 Å². The third kappa shape index (κ3) is 8.16. The first-order valence-corrected chi connectivity index (χ1v) is 5.74. The molecule has 1 aromatic carbocycles. The summed E-state index contributed by atoms with van der Waals surface area (Å²) in [5, 5.41) is 11.5. The van der Waals surface area contributed by atoms with Crippen LogP contribution in [0.4, 0.5) is 0 Å². The molecule has 2 N–H and O–H groups in total. The molecule has 2 nitrogen and oxygen atoms in total. The molecule has 0 aliphatic rings. The summed E-state index contributed by atoms with van der Waals surface area (Å²) in [6.45, 7) is 10.0. The Balaban J connectivity index is 0. The highest BCUT2D eigenvalue weighted by Crippen LogP contribution is 2.09. The molecular weight excluding hydrogens is 186 g/mol. The van der Waals surface area contributed by atoms with E-state index in [0.29, 0.717) is 0 Å². The lowest BCUT2D eigenvalue weighted by Crippen LogP contribution is -2.18. The molecule has 0 aliphatic heterocycles. The van der Waals surface area contributed by atoms with E-state index in [0.717, 1.165) is 0 Å². The second-order valence-electron chi connectivity index (χ2n) is 2.49. The fraction of sp³-hybridized carbons (Fsp3) is 0.538. The summed E-state index contributed by atoms with van der Waals surface area (Å²) in [5.74, 6) is 0.